The number of nitrogens with two attached hydrogens (primary N) is 4. The summed E-state index contributed by atoms with van der Waals surface area (Å²) in [7, 11) is -2.74. The van der Waals surface area contributed by atoms with E-state index >= 15 is 0 Å². The van der Waals surface area contributed by atoms with Crippen molar-refractivity contribution >= 4 is 85.9 Å². The summed E-state index contributed by atoms with van der Waals surface area (Å²) in [6.45, 7) is 10.6. The number of hydrogen-bond acceptors (Lipinski definition) is 23. The molecule has 0 saturated carbocycles. The van der Waals surface area contributed by atoms with Crippen LogP contribution < -0.4 is 49.5 Å². The zero-order valence-electron chi connectivity index (χ0n) is 28.8. The first-order chi connectivity index (χ1) is 24.2. The molecular formula is C26H50N18O3S2Si. The third kappa shape index (κ3) is 15.7. The number of rotatable bonds is 27. The lowest BCUT2D eigenvalue weighted by Crippen LogP contribution is -2.46. The van der Waals surface area contributed by atoms with Gasteiger partial charge in [0.15, 0.2) is 0 Å². The molecule has 3 aromatic heterocycles. The van der Waals surface area contributed by atoms with E-state index in [1.807, 2.05) is 20.8 Å². The fraction of sp³-hybridized carbons (Fsp3) is 0.654. The maximum absolute atomic E-state index is 5.98. The summed E-state index contributed by atoms with van der Waals surface area (Å²) in [6.07, 6.45) is 0.756. The van der Waals surface area contributed by atoms with E-state index in [-0.39, 0.29) is 23.8 Å². The van der Waals surface area contributed by atoms with Crippen LogP contribution in [-0.2, 0) is 13.3 Å². The van der Waals surface area contributed by atoms with Crippen molar-refractivity contribution in [3.63, 3.8) is 0 Å². The Balaban J connectivity index is 1.48. The Bertz CT molecular complexity index is 1280. The molecule has 278 valence electrons. The second-order valence-corrected chi connectivity index (χ2v) is 15.2. The monoisotopic (exact) mass is 754 g/mol. The van der Waals surface area contributed by atoms with Crippen molar-refractivity contribution < 1.29 is 13.3 Å². The first-order valence-corrected chi connectivity index (χ1v) is 20.5. The van der Waals surface area contributed by atoms with E-state index in [4.69, 9.17) is 36.2 Å². The Hall–Kier alpha value is -3.97. The van der Waals surface area contributed by atoms with Crippen LogP contribution in [0.1, 0.15) is 27.2 Å². The van der Waals surface area contributed by atoms with Gasteiger partial charge in [0, 0.05) is 81.6 Å². The van der Waals surface area contributed by atoms with Crippen LogP contribution in [0.3, 0.4) is 0 Å². The molecule has 0 fully saturated rings. The van der Waals surface area contributed by atoms with Gasteiger partial charge in [-0.05, 0) is 27.2 Å². The standard InChI is InChI=1S/C26H50N18O3S2Si/c1-4-45-50(46-5-2,47-6-3)17-7-8-31-24-42-25(34-11-15-48-13-9-32-22-38-18(27)36-19(28)39-22)44-26(43-24)35-12-16-49-14-10-33-23-40-20(29)37-21(30)41-23/h4-17H2,1-3H3,(H5,27,28,32,36,38,39)(H5,29,30,33,37,40,41)(H3,31,34,35,42,43,44). The van der Waals surface area contributed by atoms with E-state index in [1.54, 1.807) is 23.5 Å². The molecular weight excluding hydrogens is 705 g/mol. The highest BCUT2D eigenvalue weighted by Gasteiger charge is 2.39. The highest BCUT2D eigenvalue weighted by atomic mass is 32.2. The average molecular weight is 755 g/mol. The minimum Gasteiger partial charge on any atom is -0.374 e. The van der Waals surface area contributed by atoms with Crippen LogP contribution in [0.5, 0.6) is 0 Å². The van der Waals surface area contributed by atoms with Gasteiger partial charge in [0.05, 0.1) is 0 Å². The van der Waals surface area contributed by atoms with Crippen LogP contribution in [0, 0.1) is 0 Å². The number of aromatic nitrogens is 9. The maximum atomic E-state index is 5.98. The lowest BCUT2D eigenvalue weighted by atomic mass is 10.5. The Morgan fingerprint density at radius 1 is 0.460 bits per heavy atom. The molecule has 0 aliphatic heterocycles. The van der Waals surface area contributed by atoms with Gasteiger partial charge >= 0.3 is 8.80 Å². The average Bonchev–Trinajstić information content (AvgIpc) is 3.05. The topological polar surface area (TPSA) is 308 Å². The number of nitrogen functional groups attached to an aromatic ring is 4. The molecule has 50 heavy (non-hydrogen) atoms. The van der Waals surface area contributed by atoms with Gasteiger partial charge in [-0.2, -0.15) is 68.4 Å². The predicted octanol–water partition coefficient (Wildman–Crippen LogP) is 0.935. The van der Waals surface area contributed by atoms with Crippen molar-refractivity contribution in [3.05, 3.63) is 0 Å². The number of nitrogens with one attached hydrogen (secondary N) is 5. The zero-order chi connectivity index (χ0) is 36.0. The number of nitrogens with zero attached hydrogens (tertiary/aromatic N) is 9. The predicted molar refractivity (Wildman–Crippen MR) is 204 cm³/mol. The summed E-state index contributed by atoms with van der Waals surface area (Å²) in [4.78, 5) is 37.4. The molecule has 0 amide bonds. The fourth-order valence-electron chi connectivity index (χ4n) is 4.24. The number of hydrogen-bond donors (Lipinski definition) is 9. The van der Waals surface area contributed by atoms with Gasteiger partial charge in [0.25, 0.3) is 0 Å². The Morgan fingerprint density at radius 2 is 0.760 bits per heavy atom. The summed E-state index contributed by atoms with van der Waals surface area (Å²) in [5, 5.41) is 16.1. The van der Waals surface area contributed by atoms with E-state index in [0.29, 0.717) is 88.3 Å². The van der Waals surface area contributed by atoms with E-state index in [9.17, 15) is 0 Å². The highest BCUT2D eigenvalue weighted by Crippen LogP contribution is 2.19. The molecule has 24 heteroatoms. The van der Waals surface area contributed by atoms with Crippen LogP contribution in [-0.4, -0.2) is 129 Å². The van der Waals surface area contributed by atoms with Crippen molar-refractivity contribution in [1.82, 2.24) is 44.9 Å². The van der Waals surface area contributed by atoms with Crippen LogP contribution in [0.2, 0.25) is 6.04 Å². The SMILES string of the molecule is CCO[Si](CCCNc1nc(NCCSCCNc2nc(N)nc(N)n2)nc(NCCSCCNc2nc(N)nc(N)n2)n1)(OCC)OCC. The number of anilines is 9. The number of thioether (sulfide) groups is 2. The van der Waals surface area contributed by atoms with E-state index in [0.717, 1.165) is 29.4 Å². The minimum absolute atomic E-state index is 0.0783. The maximum Gasteiger partial charge on any atom is 0.500 e. The van der Waals surface area contributed by atoms with Gasteiger partial charge in [-0.3, -0.25) is 0 Å². The van der Waals surface area contributed by atoms with Gasteiger partial charge in [0.2, 0.25) is 53.5 Å². The van der Waals surface area contributed by atoms with Crippen molar-refractivity contribution in [2.45, 2.75) is 33.2 Å². The minimum atomic E-state index is -2.74. The largest absolute Gasteiger partial charge is 0.500 e. The van der Waals surface area contributed by atoms with Gasteiger partial charge < -0.3 is 62.8 Å². The summed E-state index contributed by atoms with van der Waals surface area (Å²) in [6, 6.07) is 0.678. The Labute approximate surface area is 301 Å². The van der Waals surface area contributed by atoms with E-state index < -0.39 is 8.80 Å². The van der Waals surface area contributed by atoms with E-state index in [1.165, 1.54) is 0 Å². The highest BCUT2D eigenvalue weighted by molar-refractivity contribution is 7.99. The van der Waals surface area contributed by atoms with Gasteiger partial charge in [-0.15, -0.1) is 0 Å². The van der Waals surface area contributed by atoms with Crippen molar-refractivity contribution in [2.24, 2.45) is 0 Å². The normalized spacial score (nSPS) is 11.3. The molecule has 0 spiro atoms. The van der Waals surface area contributed by atoms with Crippen molar-refractivity contribution in [3.8, 4) is 0 Å². The van der Waals surface area contributed by atoms with Crippen molar-refractivity contribution in [1.29, 1.82) is 0 Å². The van der Waals surface area contributed by atoms with E-state index in [2.05, 4.69) is 71.4 Å². The summed E-state index contributed by atoms with van der Waals surface area (Å²) >= 11 is 3.48. The molecule has 3 aromatic rings. The quantitative estimate of drug-likeness (QED) is 0.0386. The summed E-state index contributed by atoms with van der Waals surface area (Å²) in [5.41, 5.74) is 22.5. The van der Waals surface area contributed by atoms with Gasteiger partial charge in [-0.25, -0.2) is 0 Å². The molecule has 0 aliphatic carbocycles. The van der Waals surface area contributed by atoms with Crippen molar-refractivity contribution in [2.75, 3.05) is 125 Å². The second kappa shape index (κ2) is 22.7. The summed E-state index contributed by atoms with van der Waals surface area (Å²) in [5.74, 6) is 5.66. The molecule has 3 rings (SSSR count). The third-order valence-corrected chi connectivity index (χ3v) is 11.3. The molecule has 0 atom stereocenters. The molecule has 0 saturated heterocycles. The first kappa shape index (κ1) is 40.5. The Morgan fingerprint density at radius 3 is 1.08 bits per heavy atom. The molecule has 13 N–H and O–H groups in total. The zero-order valence-corrected chi connectivity index (χ0v) is 31.4. The van der Waals surface area contributed by atoms with Crippen LogP contribution >= 0.6 is 23.5 Å². The van der Waals surface area contributed by atoms with Crippen LogP contribution in [0.4, 0.5) is 53.5 Å². The molecule has 0 radical (unpaired) electrons. The smallest absolute Gasteiger partial charge is 0.374 e. The Kier molecular flexibility index (Phi) is 18.4. The molecule has 0 unspecified atom stereocenters. The lowest BCUT2D eigenvalue weighted by Gasteiger charge is -2.28. The molecule has 0 aromatic carbocycles. The van der Waals surface area contributed by atoms with Gasteiger partial charge in [-0.1, -0.05) is 0 Å². The van der Waals surface area contributed by atoms with Crippen LogP contribution in [0.15, 0.2) is 0 Å². The fourth-order valence-corrected chi connectivity index (χ4v) is 8.25. The molecule has 0 aliphatic rings. The summed E-state index contributed by atoms with van der Waals surface area (Å²) < 4.78 is 17.9. The van der Waals surface area contributed by atoms with Gasteiger partial charge in [0.1, 0.15) is 0 Å². The lowest BCUT2D eigenvalue weighted by molar-refractivity contribution is 0.0710. The van der Waals surface area contributed by atoms with Crippen LogP contribution in [0.25, 0.3) is 0 Å². The first-order valence-electron chi connectivity index (χ1n) is 16.3. The molecule has 0 bridgehead atoms. The molecule has 3 heterocycles. The third-order valence-electron chi connectivity index (χ3n) is 6.13. The molecule has 21 nitrogen and oxygen atoms in total. The second-order valence-electron chi connectivity index (χ2n) is 10.0.